The van der Waals surface area contributed by atoms with Crippen molar-refractivity contribution < 1.29 is 24.6 Å². The largest absolute Gasteiger partial charge is 0.481 e. The highest BCUT2D eigenvalue weighted by molar-refractivity contribution is 5.80. The predicted octanol–water partition coefficient (Wildman–Crippen LogP) is 1.24. The number of Topliss-reactive ketones (excluding diaryl/α,β-unsaturated/α-hetero) is 1. The van der Waals surface area contributed by atoms with Crippen LogP contribution in [0.25, 0.3) is 0 Å². The summed E-state index contributed by atoms with van der Waals surface area (Å²) >= 11 is 0. The van der Waals surface area contributed by atoms with Crippen LogP contribution >= 0.6 is 0 Å². The molecule has 2 unspecified atom stereocenters. The van der Waals surface area contributed by atoms with Crippen LogP contribution in [0.3, 0.4) is 0 Å². The van der Waals surface area contributed by atoms with Gasteiger partial charge in [-0.15, -0.1) is 0 Å². The number of nitrogens with zero attached hydrogens (tertiary/aromatic N) is 1. The summed E-state index contributed by atoms with van der Waals surface area (Å²) in [5.41, 5.74) is 0. The second-order valence-electron chi connectivity index (χ2n) is 4.87. The third-order valence-electron chi connectivity index (χ3n) is 2.91. The highest BCUT2D eigenvalue weighted by atomic mass is 16.4. The zero-order valence-corrected chi connectivity index (χ0v) is 11.8. The van der Waals surface area contributed by atoms with Gasteiger partial charge in [-0.3, -0.25) is 19.3 Å². The molecule has 6 nitrogen and oxygen atoms in total. The normalized spacial score (nSPS) is 14.1. The maximum Gasteiger partial charge on any atom is 0.320 e. The fourth-order valence-electron chi connectivity index (χ4n) is 1.88. The first kappa shape index (κ1) is 17.6. The Morgan fingerprint density at radius 3 is 2.11 bits per heavy atom. The van der Waals surface area contributed by atoms with Gasteiger partial charge in [-0.1, -0.05) is 26.7 Å². The smallest absolute Gasteiger partial charge is 0.320 e. The van der Waals surface area contributed by atoms with Crippen LogP contribution in [-0.4, -0.2) is 52.0 Å². The molecule has 2 N–H and O–H groups in total. The number of unbranched alkanes of at least 4 members (excludes halogenated alkanes) is 1. The lowest BCUT2D eigenvalue weighted by Crippen LogP contribution is -2.46. The first-order valence-electron chi connectivity index (χ1n) is 6.48. The Kier molecular flexibility index (Phi) is 7.98. The number of rotatable bonds is 10. The number of hydrogen-bond donors (Lipinski definition) is 2. The van der Waals surface area contributed by atoms with Gasteiger partial charge in [0.2, 0.25) is 0 Å². The van der Waals surface area contributed by atoms with Crippen molar-refractivity contribution >= 4 is 17.7 Å². The molecule has 0 fully saturated rings. The molecule has 0 aromatic heterocycles. The van der Waals surface area contributed by atoms with Crippen molar-refractivity contribution in [1.29, 1.82) is 0 Å². The number of carboxylic acids is 2. The van der Waals surface area contributed by atoms with E-state index >= 15 is 0 Å². The van der Waals surface area contributed by atoms with Crippen molar-refractivity contribution in [3.05, 3.63) is 0 Å². The van der Waals surface area contributed by atoms with Crippen LogP contribution in [0.2, 0.25) is 0 Å². The number of carbonyl (C=O) groups excluding carboxylic acids is 1. The summed E-state index contributed by atoms with van der Waals surface area (Å²) in [5, 5.41) is 18.1. The lowest BCUT2D eigenvalue weighted by Gasteiger charge is -2.29. The number of carbonyl (C=O) groups is 3. The van der Waals surface area contributed by atoms with Crippen LogP contribution in [0.1, 0.15) is 40.0 Å². The first-order valence-corrected chi connectivity index (χ1v) is 6.48. The van der Waals surface area contributed by atoms with Crippen molar-refractivity contribution in [2.75, 3.05) is 13.1 Å². The molecule has 0 rings (SSSR count). The molecular formula is C13H23NO5. The van der Waals surface area contributed by atoms with Crippen LogP contribution in [-0.2, 0) is 14.4 Å². The van der Waals surface area contributed by atoms with E-state index in [1.165, 1.54) is 18.7 Å². The predicted molar refractivity (Wildman–Crippen MR) is 70.0 cm³/mol. The van der Waals surface area contributed by atoms with Gasteiger partial charge in [-0.05, 0) is 13.3 Å². The first-order chi connectivity index (χ1) is 8.79. The van der Waals surface area contributed by atoms with Gasteiger partial charge < -0.3 is 10.2 Å². The molecule has 110 valence electrons. The minimum Gasteiger partial charge on any atom is -0.481 e. The molecule has 6 heteroatoms. The number of ketones is 1. The Hall–Kier alpha value is -1.43. The lowest BCUT2D eigenvalue weighted by atomic mass is 10.1. The summed E-state index contributed by atoms with van der Waals surface area (Å²) in [6, 6.07) is -0.800. The van der Waals surface area contributed by atoms with Gasteiger partial charge in [0.05, 0.1) is 12.5 Å². The maximum absolute atomic E-state index is 11.3. The van der Waals surface area contributed by atoms with E-state index < -0.39 is 23.9 Å². The molecule has 0 saturated heterocycles. The zero-order valence-electron chi connectivity index (χ0n) is 11.8. The van der Waals surface area contributed by atoms with Crippen molar-refractivity contribution in [2.24, 2.45) is 5.92 Å². The molecule has 0 heterocycles. The average molecular weight is 273 g/mol. The summed E-state index contributed by atoms with van der Waals surface area (Å²) in [6.45, 7) is 4.87. The molecule has 0 aromatic rings. The van der Waals surface area contributed by atoms with Crippen LogP contribution in [0, 0.1) is 5.92 Å². The SMILES string of the molecule is CCCCC(C(=O)O)N(CC(C)=O)CC(C)C(=O)O. The number of carboxylic acid groups (broad SMARTS) is 2. The Labute approximate surface area is 113 Å². The van der Waals surface area contributed by atoms with Crippen molar-refractivity contribution in [2.45, 2.75) is 46.1 Å². The Morgan fingerprint density at radius 2 is 1.74 bits per heavy atom. The van der Waals surface area contributed by atoms with Gasteiger partial charge in [-0.25, -0.2) is 0 Å². The van der Waals surface area contributed by atoms with E-state index in [-0.39, 0.29) is 18.9 Å². The molecule has 0 bridgehead atoms. The molecule has 0 aliphatic heterocycles. The standard InChI is InChI=1S/C13H23NO5/c1-4-5-6-11(13(18)19)14(8-10(3)15)7-9(2)12(16)17/h9,11H,4-8H2,1-3H3,(H,16,17)(H,18,19). The lowest BCUT2D eigenvalue weighted by molar-refractivity contribution is -0.148. The monoisotopic (exact) mass is 273 g/mol. The van der Waals surface area contributed by atoms with E-state index in [0.717, 1.165) is 12.8 Å². The summed E-state index contributed by atoms with van der Waals surface area (Å²) in [6.07, 6.45) is 2.00. The third-order valence-corrected chi connectivity index (χ3v) is 2.91. The zero-order chi connectivity index (χ0) is 15.0. The summed E-state index contributed by atoms with van der Waals surface area (Å²) in [5.74, 6) is -2.87. The maximum atomic E-state index is 11.3. The van der Waals surface area contributed by atoms with Gasteiger partial charge in [0.25, 0.3) is 0 Å². The Balaban J connectivity index is 4.89. The van der Waals surface area contributed by atoms with Gasteiger partial charge in [-0.2, -0.15) is 0 Å². The fourth-order valence-corrected chi connectivity index (χ4v) is 1.88. The molecule has 0 aliphatic rings. The second kappa shape index (κ2) is 8.63. The fraction of sp³-hybridized carbons (Fsp3) is 0.769. The summed E-state index contributed by atoms with van der Waals surface area (Å²) < 4.78 is 0. The van der Waals surface area contributed by atoms with E-state index in [9.17, 15) is 19.5 Å². The number of aliphatic carboxylic acids is 2. The van der Waals surface area contributed by atoms with Crippen LogP contribution in [0.5, 0.6) is 0 Å². The Bertz CT molecular complexity index is 329. The third kappa shape index (κ3) is 6.91. The second-order valence-corrected chi connectivity index (χ2v) is 4.87. The quantitative estimate of drug-likeness (QED) is 0.622. The summed E-state index contributed by atoms with van der Waals surface area (Å²) in [4.78, 5) is 34.8. The summed E-state index contributed by atoms with van der Waals surface area (Å²) in [7, 11) is 0. The minimum absolute atomic E-state index is 0.0295. The average Bonchev–Trinajstić information content (AvgIpc) is 2.27. The topological polar surface area (TPSA) is 94.9 Å². The van der Waals surface area contributed by atoms with E-state index in [0.29, 0.717) is 6.42 Å². The van der Waals surface area contributed by atoms with E-state index in [2.05, 4.69) is 0 Å². The molecule has 0 amide bonds. The van der Waals surface area contributed by atoms with Crippen molar-refractivity contribution in [3.63, 3.8) is 0 Å². The number of hydrogen-bond acceptors (Lipinski definition) is 4. The highest BCUT2D eigenvalue weighted by Gasteiger charge is 2.28. The molecular weight excluding hydrogens is 250 g/mol. The van der Waals surface area contributed by atoms with E-state index in [1.807, 2.05) is 6.92 Å². The van der Waals surface area contributed by atoms with Crippen molar-refractivity contribution in [1.82, 2.24) is 4.90 Å². The van der Waals surface area contributed by atoms with Crippen LogP contribution in [0.15, 0.2) is 0 Å². The molecule has 0 radical (unpaired) electrons. The molecule has 19 heavy (non-hydrogen) atoms. The highest BCUT2D eigenvalue weighted by Crippen LogP contribution is 2.12. The molecule has 2 atom stereocenters. The molecule has 0 saturated carbocycles. The van der Waals surface area contributed by atoms with Crippen LogP contribution < -0.4 is 0 Å². The molecule has 0 spiro atoms. The van der Waals surface area contributed by atoms with Gasteiger partial charge in [0, 0.05) is 6.54 Å². The van der Waals surface area contributed by atoms with Crippen LogP contribution in [0.4, 0.5) is 0 Å². The van der Waals surface area contributed by atoms with Gasteiger partial charge >= 0.3 is 11.9 Å². The molecule has 0 aliphatic carbocycles. The van der Waals surface area contributed by atoms with E-state index in [1.54, 1.807) is 0 Å². The van der Waals surface area contributed by atoms with Crippen molar-refractivity contribution in [3.8, 4) is 0 Å². The minimum atomic E-state index is -1.01. The molecule has 0 aromatic carbocycles. The Morgan fingerprint density at radius 1 is 1.16 bits per heavy atom. The van der Waals surface area contributed by atoms with Gasteiger partial charge in [0.15, 0.2) is 0 Å². The van der Waals surface area contributed by atoms with Gasteiger partial charge in [0.1, 0.15) is 11.8 Å². The van der Waals surface area contributed by atoms with E-state index in [4.69, 9.17) is 5.11 Å².